The Morgan fingerprint density at radius 1 is 1.38 bits per heavy atom. The van der Waals surface area contributed by atoms with E-state index in [9.17, 15) is 8.42 Å². The van der Waals surface area contributed by atoms with Crippen LogP contribution in [0.1, 0.15) is 0 Å². The molecular weight excluding hydrogens is 310 g/mol. The van der Waals surface area contributed by atoms with Crippen LogP contribution in [-0.2, 0) is 16.6 Å². The van der Waals surface area contributed by atoms with E-state index in [2.05, 4.69) is 14.8 Å². The predicted octanol–water partition coefficient (Wildman–Crippen LogP) is 1.25. The molecule has 0 spiro atoms. The molecule has 0 aliphatic rings. The van der Waals surface area contributed by atoms with Crippen LogP contribution in [0.15, 0.2) is 41.0 Å². The van der Waals surface area contributed by atoms with E-state index >= 15 is 0 Å². The van der Waals surface area contributed by atoms with Crippen LogP contribution in [0.5, 0.6) is 0 Å². The van der Waals surface area contributed by atoms with E-state index in [1.54, 1.807) is 23.7 Å². The van der Waals surface area contributed by atoms with E-state index in [-0.39, 0.29) is 4.90 Å². The maximum Gasteiger partial charge on any atom is 0.265 e. The van der Waals surface area contributed by atoms with E-state index < -0.39 is 10.0 Å². The lowest BCUT2D eigenvalue weighted by molar-refractivity contribution is 0.599. The van der Waals surface area contributed by atoms with Gasteiger partial charge in [-0.2, -0.15) is 5.10 Å². The number of benzene rings is 1. The van der Waals surface area contributed by atoms with Gasteiger partial charge in [0.05, 0.1) is 34.2 Å². The van der Waals surface area contributed by atoms with Crippen molar-refractivity contribution in [2.24, 2.45) is 5.73 Å². The molecule has 0 saturated heterocycles. The molecule has 1 aromatic carbocycles. The predicted molar refractivity (Wildman–Crippen MR) is 81.7 cm³/mol. The number of aromatic nitrogens is 3. The molecule has 2 heterocycles. The summed E-state index contributed by atoms with van der Waals surface area (Å²) >= 11 is 1.46. The minimum absolute atomic E-state index is 0.111. The zero-order chi connectivity index (χ0) is 14.9. The first-order chi connectivity index (χ1) is 10.1. The highest BCUT2D eigenvalue weighted by atomic mass is 32.2. The third kappa shape index (κ3) is 2.89. The maximum atomic E-state index is 12.3. The van der Waals surface area contributed by atoms with Crippen LogP contribution in [0.25, 0.3) is 10.2 Å². The highest BCUT2D eigenvalue weighted by Crippen LogP contribution is 2.23. The lowest BCUT2D eigenvalue weighted by atomic mass is 10.3. The van der Waals surface area contributed by atoms with Crippen LogP contribution in [0.4, 0.5) is 5.69 Å². The molecule has 0 bridgehead atoms. The van der Waals surface area contributed by atoms with Gasteiger partial charge in [0.2, 0.25) is 0 Å². The second kappa shape index (κ2) is 5.43. The van der Waals surface area contributed by atoms with Crippen molar-refractivity contribution in [3.63, 3.8) is 0 Å². The number of thiazole rings is 1. The van der Waals surface area contributed by atoms with Crippen LogP contribution in [0, 0.1) is 0 Å². The Balaban J connectivity index is 1.87. The molecule has 0 radical (unpaired) electrons. The molecule has 0 aliphatic carbocycles. The second-order valence-electron chi connectivity index (χ2n) is 4.37. The molecule has 3 rings (SSSR count). The summed E-state index contributed by atoms with van der Waals surface area (Å²) in [4.78, 5) is 4.27. The van der Waals surface area contributed by atoms with Crippen LogP contribution < -0.4 is 10.5 Å². The van der Waals surface area contributed by atoms with E-state index in [1.165, 1.54) is 28.4 Å². The van der Waals surface area contributed by atoms with Crippen molar-refractivity contribution in [3.8, 4) is 0 Å². The number of fused-ring (bicyclic) bond motifs is 1. The Labute approximate surface area is 125 Å². The summed E-state index contributed by atoms with van der Waals surface area (Å²) in [6, 6.07) is 5.22. The van der Waals surface area contributed by atoms with Crippen molar-refractivity contribution in [1.82, 2.24) is 14.8 Å². The summed E-state index contributed by atoms with van der Waals surface area (Å²) in [5.74, 6) is 0. The summed E-state index contributed by atoms with van der Waals surface area (Å²) < 4.78 is 29.5. The average molecular weight is 323 g/mol. The van der Waals surface area contributed by atoms with E-state index in [1.807, 2.05) is 0 Å². The van der Waals surface area contributed by atoms with Gasteiger partial charge < -0.3 is 5.73 Å². The van der Waals surface area contributed by atoms with Gasteiger partial charge in [-0.05, 0) is 18.2 Å². The number of anilines is 1. The fourth-order valence-electron chi connectivity index (χ4n) is 1.87. The number of sulfonamides is 1. The summed E-state index contributed by atoms with van der Waals surface area (Å²) in [5, 5.41) is 3.97. The molecule has 110 valence electrons. The third-order valence-electron chi connectivity index (χ3n) is 2.86. The Hall–Kier alpha value is -1.97. The van der Waals surface area contributed by atoms with Gasteiger partial charge in [-0.15, -0.1) is 11.3 Å². The summed E-state index contributed by atoms with van der Waals surface area (Å²) in [7, 11) is -3.65. The zero-order valence-electron chi connectivity index (χ0n) is 10.9. The number of nitrogens with one attached hydrogen (secondary N) is 1. The SMILES string of the molecule is NCCn1cc(S(=O)(=O)Nc2ccc3ncsc3c2)cn1. The van der Waals surface area contributed by atoms with Crippen LogP contribution >= 0.6 is 11.3 Å². The van der Waals surface area contributed by atoms with Gasteiger partial charge in [-0.3, -0.25) is 9.40 Å². The molecule has 3 N–H and O–H groups in total. The lowest BCUT2D eigenvalue weighted by Gasteiger charge is -2.05. The van der Waals surface area contributed by atoms with Crippen LogP contribution in [0.3, 0.4) is 0 Å². The van der Waals surface area contributed by atoms with Crippen molar-refractivity contribution in [2.45, 2.75) is 11.4 Å². The summed E-state index contributed by atoms with van der Waals surface area (Å²) in [6.45, 7) is 0.874. The zero-order valence-corrected chi connectivity index (χ0v) is 12.6. The molecule has 0 aliphatic heterocycles. The number of nitrogens with two attached hydrogens (primary N) is 1. The van der Waals surface area contributed by atoms with Crippen LogP contribution in [0.2, 0.25) is 0 Å². The van der Waals surface area contributed by atoms with Crippen molar-refractivity contribution in [2.75, 3.05) is 11.3 Å². The molecular formula is C12H13N5O2S2. The highest BCUT2D eigenvalue weighted by molar-refractivity contribution is 7.92. The van der Waals surface area contributed by atoms with Gasteiger partial charge in [0.1, 0.15) is 4.90 Å². The van der Waals surface area contributed by atoms with Crippen molar-refractivity contribution >= 4 is 37.3 Å². The molecule has 21 heavy (non-hydrogen) atoms. The average Bonchev–Trinajstić information content (AvgIpc) is 3.07. The van der Waals surface area contributed by atoms with Gasteiger partial charge in [0.15, 0.2) is 0 Å². The third-order valence-corrected chi connectivity index (χ3v) is 4.99. The molecule has 0 unspecified atom stereocenters. The van der Waals surface area contributed by atoms with Gasteiger partial charge in [-0.1, -0.05) is 0 Å². The fourth-order valence-corrected chi connectivity index (χ4v) is 3.59. The van der Waals surface area contributed by atoms with Gasteiger partial charge in [0.25, 0.3) is 10.0 Å². The Kier molecular flexibility index (Phi) is 3.62. The van der Waals surface area contributed by atoms with Gasteiger partial charge >= 0.3 is 0 Å². The first kappa shape index (κ1) is 14.0. The van der Waals surface area contributed by atoms with E-state index in [0.29, 0.717) is 18.8 Å². The quantitative estimate of drug-likeness (QED) is 0.735. The van der Waals surface area contributed by atoms with Crippen molar-refractivity contribution in [1.29, 1.82) is 0 Å². The van der Waals surface area contributed by atoms with Crippen LogP contribution in [-0.4, -0.2) is 29.7 Å². The molecule has 3 aromatic rings. The monoisotopic (exact) mass is 323 g/mol. The molecule has 0 atom stereocenters. The lowest BCUT2D eigenvalue weighted by Crippen LogP contribution is -2.13. The topological polar surface area (TPSA) is 103 Å². The van der Waals surface area contributed by atoms with Crippen molar-refractivity contribution in [3.05, 3.63) is 36.1 Å². The van der Waals surface area contributed by atoms with E-state index in [4.69, 9.17) is 5.73 Å². The minimum atomic E-state index is -3.65. The number of hydrogen-bond acceptors (Lipinski definition) is 6. The smallest absolute Gasteiger partial charge is 0.265 e. The van der Waals surface area contributed by atoms with Gasteiger partial charge in [0, 0.05) is 12.7 Å². The molecule has 0 amide bonds. The fraction of sp³-hybridized carbons (Fsp3) is 0.167. The first-order valence-corrected chi connectivity index (χ1v) is 8.53. The molecule has 0 saturated carbocycles. The number of rotatable bonds is 5. The second-order valence-corrected chi connectivity index (χ2v) is 6.94. The summed E-state index contributed by atoms with van der Waals surface area (Å²) in [5.41, 5.74) is 8.48. The largest absolute Gasteiger partial charge is 0.329 e. The Bertz CT molecular complexity index is 869. The van der Waals surface area contributed by atoms with Crippen molar-refractivity contribution < 1.29 is 8.42 Å². The number of nitrogens with zero attached hydrogens (tertiary/aromatic N) is 3. The molecule has 7 nitrogen and oxygen atoms in total. The standard InChI is InChI=1S/C12H13N5O2S2/c13-3-4-17-7-10(6-15-17)21(18,19)16-9-1-2-11-12(5-9)20-8-14-11/h1-2,5-8,16H,3-4,13H2. The summed E-state index contributed by atoms with van der Waals surface area (Å²) in [6.07, 6.45) is 2.77. The Morgan fingerprint density at radius 3 is 3.05 bits per heavy atom. The normalized spacial score (nSPS) is 11.9. The number of hydrogen-bond donors (Lipinski definition) is 2. The molecule has 0 fully saturated rings. The first-order valence-electron chi connectivity index (χ1n) is 6.17. The molecule has 2 aromatic heterocycles. The highest BCUT2D eigenvalue weighted by Gasteiger charge is 2.17. The van der Waals surface area contributed by atoms with E-state index in [0.717, 1.165) is 10.2 Å². The maximum absolute atomic E-state index is 12.3. The Morgan fingerprint density at radius 2 is 2.24 bits per heavy atom. The molecule has 9 heteroatoms. The van der Waals surface area contributed by atoms with Gasteiger partial charge in [-0.25, -0.2) is 13.4 Å². The minimum Gasteiger partial charge on any atom is -0.329 e.